The van der Waals surface area contributed by atoms with Crippen LogP contribution in [-0.4, -0.2) is 18.0 Å². The monoisotopic (exact) mass is 256 g/mol. The van der Waals surface area contributed by atoms with Gasteiger partial charge in [-0.15, -0.1) is 0 Å². The van der Waals surface area contributed by atoms with Crippen LogP contribution in [0.4, 0.5) is 19.3 Å². The first-order valence-electron chi connectivity index (χ1n) is 5.73. The first-order valence-corrected chi connectivity index (χ1v) is 5.73. The lowest BCUT2D eigenvalue weighted by Crippen LogP contribution is -2.45. The highest BCUT2D eigenvalue weighted by molar-refractivity contribution is 5.91. The fraction of sp³-hybridized carbons (Fsp3) is 0.462. The molecule has 100 valence electrons. The molecule has 0 radical (unpaired) electrons. The summed E-state index contributed by atoms with van der Waals surface area (Å²) in [6.07, 6.45) is 0. The van der Waals surface area contributed by atoms with E-state index >= 15 is 0 Å². The highest BCUT2D eigenvalue weighted by Gasteiger charge is 2.31. The zero-order valence-electron chi connectivity index (χ0n) is 11.0. The molecule has 0 heterocycles. The van der Waals surface area contributed by atoms with Gasteiger partial charge in [-0.2, -0.15) is 0 Å². The normalized spacial score (nSPS) is 13.0. The van der Waals surface area contributed by atoms with Gasteiger partial charge in [-0.3, -0.25) is 0 Å². The molecule has 2 N–H and O–H groups in total. The van der Waals surface area contributed by atoms with Crippen LogP contribution in [-0.2, 0) is 0 Å². The van der Waals surface area contributed by atoms with E-state index in [2.05, 4.69) is 10.6 Å². The summed E-state index contributed by atoms with van der Waals surface area (Å²) in [6.45, 7) is 5.74. The number of hydrogen-bond donors (Lipinski definition) is 2. The highest BCUT2D eigenvalue weighted by atomic mass is 19.3. The van der Waals surface area contributed by atoms with Crippen molar-refractivity contribution >= 4 is 11.7 Å². The average Bonchev–Trinajstić information content (AvgIpc) is 2.22. The maximum atomic E-state index is 12.9. The Bertz CT molecular complexity index is 421. The smallest absolute Gasteiger partial charge is 0.319 e. The van der Waals surface area contributed by atoms with Crippen LogP contribution in [0.5, 0.6) is 0 Å². The van der Waals surface area contributed by atoms with E-state index in [-0.39, 0.29) is 0 Å². The number of nitrogens with one attached hydrogen (secondary N) is 2. The van der Waals surface area contributed by atoms with Crippen LogP contribution >= 0.6 is 0 Å². The van der Waals surface area contributed by atoms with E-state index in [1.807, 2.05) is 32.0 Å². The number of carbonyl (C=O) groups excluding carboxylic acids is 1. The number of anilines is 1. The van der Waals surface area contributed by atoms with Crippen molar-refractivity contribution in [1.82, 2.24) is 5.32 Å². The van der Waals surface area contributed by atoms with E-state index in [1.165, 1.54) is 6.92 Å². The Morgan fingerprint density at radius 3 is 2.22 bits per heavy atom. The van der Waals surface area contributed by atoms with Crippen molar-refractivity contribution in [1.29, 1.82) is 0 Å². The summed E-state index contributed by atoms with van der Waals surface area (Å²) in [7, 11) is 0. The summed E-state index contributed by atoms with van der Waals surface area (Å²) < 4.78 is 25.9. The average molecular weight is 256 g/mol. The van der Waals surface area contributed by atoms with E-state index in [4.69, 9.17) is 0 Å². The molecule has 18 heavy (non-hydrogen) atoms. The molecule has 3 nitrogen and oxygen atoms in total. The molecular formula is C13H18F2N2O. The van der Waals surface area contributed by atoms with Crippen molar-refractivity contribution in [2.45, 2.75) is 39.7 Å². The number of hydrogen-bond acceptors (Lipinski definition) is 1. The Balaban J connectivity index is 2.72. The Morgan fingerprint density at radius 2 is 1.78 bits per heavy atom. The third kappa shape index (κ3) is 3.68. The van der Waals surface area contributed by atoms with Gasteiger partial charge in [0, 0.05) is 12.6 Å². The molecule has 0 fully saturated rings. The molecule has 1 rings (SSSR count). The molecule has 0 saturated carbocycles. The lowest BCUT2D eigenvalue weighted by Gasteiger charge is -2.21. The molecule has 1 aromatic rings. The Morgan fingerprint density at radius 1 is 1.28 bits per heavy atom. The predicted molar refractivity (Wildman–Crippen MR) is 68.2 cm³/mol. The molecule has 1 unspecified atom stereocenters. The number of benzene rings is 1. The van der Waals surface area contributed by atoms with Gasteiger partial charge in [0.15, 0.2) is 0 Å². The van der Waals surface area contributed by atoms with Crippen LogP contribution in [0.25, 0.3) is 0 Å². The summed E-state index contributed by atoms with van der Waals surface area (Å²) >= 11 is 0. The molecule has 1 aromatic carbocycles. The van der Waals surface area contributed by atoms with E-state index < -0.39 is 18.0 Å². The first kappa shape index (κ1) is 14.4. The minimum Gasteiger partial charge on any atom is -0.329 e. The van der Waals surface area contributed by atoms with Gasteiger partial charge in [-0.05, 0) is 31.9 Å². The summed E-state index contributed by atoms with van der Waals surface area (Å²) in [5.41, 5.74) is 2.43. The van der Waals surface area contributed by atoms with Gasteiger partial charge in [0.1, 0.15) is 0 Å². The third-order valence-electron chi connectivity index (χ3n) is 2.83. The fourth-order valence-electron chi connectivity index (χ4n) is 1.48. The van der Waals surface area contributed by atoms with Gasteiger partial charge in [-0.1, -0.05) is 18.2 Å². The lowest BCUT2D eigenvalue weighted by atomic mass is 10.1. The number of aryl methyl sites for hydroxylation is 2. The van der Waals surface area contributed by atoms with Crippen LogP contribution in [0.15, 0.2) is 18.2 Å². The highest BCUT2D eigenvalue weighted by Crippen LogP contribution is 2.20. The molecule has 1 atom stereocenters. The second kappa shape index (κ2) is 5.33. The van der Waals surface area contributed by atoms with Crippen molar-refractivity contribution in [3.8, 4) is 0 Å². The van der Waals surface area contributed by atoms with Crippen LogP contribution in [0.2, 0.25) is 0 Å². The van der Waals surface area contributed by atoms with Crippen LogP contribution in [0, 0.1) is 13.8 Å². The molecular weight excluding hydrogens is 238 g/mol. The van der Waals surface area contributed by atoms with Crippen LogP contribution < -0.4 is 10.6 Å². The number of alkyl halides is 2. The zero-order valence-corrected chi connectivity index (χ0v) is 11.0. The van der Waals surface area contributed by atoms with Crippen molar-refractivity contribution in [3.63, 3.8) is 0 Å². The Kier molecular flexibility index (Phi) is 4.27. The van der Waals surface area contributed by atoms with E-state index in [0.29, 0.717) is 5.69 Å². The third-order valence-corrected chi connectivity index (χ3v) is 2.83. The number of urea groups is 1. The topological polar surface area (TPSA) is 41.1 Å². The molecule has 5 heteroatoms. The molecule has 0 saturated heterocycles. The number of rotatable bonds is 3. The summed E-state index contributed by atoms with van der Waals surface area (Å²) in [6, 6.07) is 3.72. The molecule has 0 aliphatic carbocycles. The minimum atomic E-state index is -2.95. The largest absolute Gasteiger partial charge is 0.329 e. The number of carbonyl (C=O) groups is 1. The molecule has 0 aromatic heterocycles. The predicted octanol–water partition coefficient (Wildman–Crippen LogP) is 3.47. The van der Waals surface area contributed by atoms with E-state index in [1.54, 1.807) is 0 Å². The lowest BCUT2D eigenvalue weighted by molar-refractivity contribution is -0.00785. The van der Waals surface area contributed by atoms with Gasteiger partial charge in [-0.25, -0.2) is 13.6 Å². The molecule has 0 spiro atoms. The zero-order chi connectivity index (χ0) is 13.9. The first-order chi connectivity index (χ1) is 8.21. The molecule has 0 bridgehead atoms. The fourth-order valence-corrected chi connectivity index (χ4v) is 1.48. The van der Waals surface area contributed by atoms with Crippen molar-refractivity contribution < 1.29 is 13.6 Å². The second-order valence-electron chi connectivity index (χ2n) is 4.54. The van der Waals surface area contributed by atoms with Crippen molar-refractivity contribution in [2.24, 2.45) is 0 Å². The SMILES string of the molecule is Cc1cccc(C)c1NC(=O)NC(C)C(C)(F)F. The summed E-state index contributed by atoms with van der Waals surface area (Å²) in [4.78, 5) is 11.6. The summed E-state index contributed by atoms with van der Waals surface area (Å²) in [5.74, 6) is -2.95. The van der Waals surface area contributed by atoms with Crippen molar-refractivity contribution in [2.75, 3.05) is 5.32 Å². The number of halogens is 2. The Labute approximate surface area is 106 Å². The quantitative estimate of drug-likeness (QED) is 0.854. The van der Waals surface area contributed by atoms with E-state index in [0.717, 1.165) is 18.1 Å². The standard InChI is InChI=1S/C13H18F2N2O/c1-8-6-5-7-9(2)11(8)17-12(18)16-10(3)13(4,14)15/h5-7,10H,1-4H3,(H2,16,17,18). The number of para-hydroxylation sites is 1. The maximum Gasteiger partial charge on any atom is 0.319 e. The molecule has 2 amide bonds. The Hall–Kier alpha value is -1.65. The van der Waals surface area contributed by atoms with Gasteiger partial charge in [0.25, 0.3) is 5.92 Å². The van der Waals surface area contributed by atoms with Gasteiger partial charge >= 0.3 is 6.03 Å². The summed E-state index contributed by atoms with van der Waals surface area (Å²) in [5, 5.41) is 4.82. The van der Waals surface area contributed by atoms with Crippen LogP contribution in [0.1, 0.15) is 25.0 Å². The second-order valence-corrected chi connectivity index (χ2v) is 4.54. The molecule has 0 aliphatic rings. The minimum absolute atomic E-state index is 0.624. The van der Waals surface area contributed by atoms with Gasteiger partial charge in [0.05, 0.1) is 6.04 Å². The molecule has 0 aliphatic heterocycles. The van der Waals surface area contributed by atoms with E-state index in [9.17, 15) is 13.6 Å². The number of amides is 2. The maximum absolute atomic E-state index is 12.9. The van der Waals surface area contributed by atoms with Crippen molar-refractivity contribution in [3.05, 3.63) is 29.3 Å². The van der Waals surface area contributed by atoms with Crippen LogP contribution in [0.3, 0.4) is 0 Å². The van der Waals surface area contributed by atoms with Gasteiger partial charge in [0.2, 0.25) is 0 Å². The van der Waals surface area contributed by atoms with Gasteiger partial charge < -0.3 is 10.6 Å².